The van der Waals surface area contributed by atoms with Crippen molar-refractivity contribution in [3.8, 4) is 0 Å². The van der Waals surface area contributed by atoms with Gasteiger partial charge < -0.3 is 0 Å². The second-order valence-corrected chi connectivity index (χ2v) is 5.30. The molecule has 0 spiro atoms. The van der Waals surface area contributed by atoms with E-state index in [0.29, 0.717) is 6.42 Å². The van der Waals surface area contributed by atoms with Crippen molar-refractivity contribution < 1.29 is 8.78 Å². The van der Waals surface area contributed by atoms with Crippen LogP contribution in [-0.2, 0) is 12.8 Å². The van der Waals surface area contributed by atoms with Crippen LogP contribution in [-0.4, -0.2) is 11.0 Å². The Kier molecular flexibility index (Phi) is 5.17. The average Bonchev–Trinajstić information content (AvgIpc) is 2.47. The summed E-state index contributed by atoms with van der Waals surface area (Å²) in [4.78, 5) is 3.92. The van der Waals surface area contributed by atoms with Crippen molar-refractivity contribution in [3.63, 3.8) is 0 Å². The van der Waals surface area contributed by atoms with Crippen molar-refractivity contribution >= 4 is 15.9 Å². The predicted molar refractivity (Wildman–Crippen MR) is 76.8 cm³/mol. The van der Waals surface area contributed by atoms with Crippen LogP contribution in [0, 0.1) is 11.6 Å². The number of nitrogens with zero attached hydrogens (tertiary/aromatic N) is 1. The SMILES string of the molecule is NNC(Cc1ccncc1)Cc1c(F)ccc(Br)c1F. The molecule has 0 radical (unpaired) electrons. The third kappa shape index (κ3) is 3.59. The molecule has 6 heteroatoms. The Balaban J connectivity index is 2.17. The highest BCUT2D eigenvalue weighted by atomic mass is 79.9. The van der Waals surface area contributed by atoms with Gasteiger partial charge in [-0.25, -0.2) is 8.78 Å². The molecule has 2 rings (SSSR count). The van der Waals surface area contributed by atoms with Crippen molar-refractivity contribution in [3.05, 3.63) is 63.9 Å². The van der Waals surface area contributed by atoms with Crippen LogP contribution in [0.1, 0.15) is 11.1 Å². The van der Waals surface area contributed by atoms with Crippen LogP contribution in [0.2, 0.25) is 0 Å². The molecule has 20 heavy (non-hydrogen) atoms. The van der Waals surface area contributed by atoms with E-state index in [1.165, 1.54) is 12.1 Å². The molecule has 1 aromatic heterocycles. The van der Waals surface area contributed by atoms with E-state index in [1.807, 2.05) is 12.1 Å². The molecule has 1 unspecified atom stereocenters. The van der Waals surface area contributed by atoms with Gasteiger partial charge in [0.1, 0.15) is 11.6 Å². The van der Waals surface area contributed by atoms with Gasteiger partial charge in [-0.05, 0) is 58.6 Å². The van der Waals surface area contributed by atoms with Gasteiger partial charge in [0, 0.05) is 24.0 Å². The van der Waals surface area contributed by atoms with E-state index < -0.39 is 11.6 Å². The Morgan fingerprint density at radius 1 is 1.15 bits per heavy atom. The van der Waals surface area contributed by atoms with Gasteiger partial charge in [-0.15, -0.1) is 0 Å². The maximum atomic E-state index is 13.9. The standard InChI is InChI=1S/C14H14BrF2N3/c15-12-1-2-13(16)11(14(12)17)8-10(20-18)7-9-3-5-19-6-4-9/h1-6,10,20H,7-8,18H2. The Morgan fingerprint density at radius 2 is 1.85 bits per heavy atom. The summed E-state index contributed by atoms with van der Waals surface area (Å²) in [6.45, 7) is 0. The van der Waals surface area contributed by atoms with Crippen molar-refractivity contribution in [2.45, 2.75) is 18.9 Å². The number of hydrazine groups is 1. The fourth-order valence-electron chi connectivity index (χ4n) is 2.00. The number of benzene rings is 1. The van der Waals surface area contributed by atoms with E-state index >= 15 is 0 Å². The number of hydrogen-bond donors (Lipinski definition) is 2. The van der Waals surface area contributed by atoms with Crippen LogP contribution < -0.4 is 11.3 Å². The van der Waals surface area contributed by atoms with Crippen LogP contribution in [0.4, 0.5) is 8.78 Å². The maximum absolute atomic E-state index is 13.9. The molecule has 0 fully saturated rings. The highest BCUT2D eigenvalue weighted by Crippen LogP contribution is 2.23. The molecule has 0 aliphatic carbocycles. The maximum Gasteiger partial charge on any atom is 0.143 e. The van der Waals surface area contributed by atoms with E-state index in [-0.39, 0.29) is 22.5 Å². The first-order chi connectivity index (χ1) is 9.61. The summed E-state index contributed by atoms with van der Waals surface area (Å²) in [7, 11) is 0. The van der Waals surface area contributed by atoms with Crippen LogP contribution in [0.25, 0.3) is 0 Å². The summed E-state index contributed by atoms with van der Waals surface area (Å²) < 4.78 is 27.9. The molecule has 3 nitrogen and oxygen atoms in total. The first-order valence-corrected chi connectivity index (χ1v) is 6.88. The number of hydrogen-bond acceptors (Lipinski definition) is 3. The first kappa shape index (κ1) is 15.0. The average molecular weight is 342 g/mol. The van der Waals surface area contributed by atoms with E-state index in [0.717, 1.165) is 5.56 Å². The van der Waals surface area contributed by atoms with Crippen LogP contribution in [0.15, 0.2) is 41.1 Å². The van der Waals surface area contributed by atoms with E-state index in [9.17, 15) is 8.78 Å². The lowest BCUT2D eigenvalue weighted by atomic mass is 9.99. The van der Waals surface area contributed by atoms with E-state index in [4.69, 9.17) is 5.84 Å². The minimum Gasteiger partial charge on any atom is -0.271 e. The summed E-state index contributed by atoms with van der Waals surface area (Å²) in [5.74, 6) is 4.33. The highest BCUT2D eigenvalue weighted by Gasteiger charge is 2.17. The van der Waals surface area contributed by atoms with Crippen molar-refractivity contribution in [2.24, 2.45) is 5.84 Å². The third-order valence-electron chi connectivity index (χ3n) is 3.06. The smallest absolute Gasteiger partial charge is 0.143 e. The summed E-state index contributed by atoms with van der Waals surface area (Å²) in [6, 6.07) is 6.01. The molecule has 0 aliphatic rings. The molecule has 0 saturated carbocycles. The van der Waals surface area contributed by atoms with Gasteiger partial charge in [-0.3, -0.25) is 16.3 Å². The van der Waals surface area contributed by atoms with Gasteiger partial charge in [-0.2, -0.15) is 0 Å². The van der Waals surface area contributed by atoms with Crippen molar-refractivity contribution in [1.82, 2.24) is 10.4 Å². The van der Waals surface area contributed by atoms with Gasteiger partial charge in [0.15, 0.2) is 0 Å². The van der Waals surface area contributed by atoms with Gasteiger partial charge in [0.2, 0.25) is 0 Å². The number of aromatic nitrogens is 1. The summed E-state index contributed by atoms with van der Waals surface area (Å²) >= 11 is 3.06. The van der Waals surface area contributed by atoms with Crippen LogP contribution >= 0.6 is 15.9 Å². The fourth-order valence-corrected chi connectivity index (χ4v) is 2.37. The molecule has 3 N–H and O–H groups in total. The molecule has 2 aromatic rings. The van der Waals surface area contributed by atoms with Gasteiger partial charge >= 0.3 is 0 Å². The second kappa shape index (κ2) is 6.88. The summed E-state index contributed by atoms with van der Waals surface area (Å²) in [5.41, 5.74) is 3.63. The Morgan fingerprint density at radius 3 is 2.50 bits per heavy atom. The minimum atomic E-state index is -0.583. The Bertz CT molecular complexity index is 578. The third-order valence-corrected chi connectivity index (χ3v) is 3.67. The fraction of sp³-hybridized carbons (Fsp3) is 0.214. The normalized spacial score (nSPS) is 12.4. The number of halogens is 3. The molecule has 1 aromatic carbocycles. The zero-order valence-electron chi connectivity index (χ0n) is 10.6. The molecule has 0 aliphatic heterocycles. The lowest BCUT2D eigenvalue weighted by Crippen LogP contribution is -2.38. The molecule has 0 saturated heterocycles. The number of rotatable bonds is 5. The highest BCUT2D eigenvalue weighted by molar-refractivity contribution is 9.10. The zero-order chi connectivity index (χ0) is 14.5. The monoisotopic (exact) mass is 341 g/mol. The summed E-state index contributed by atoms with van der Waals surface area (Å²) in [6.07, 6.45) is 4.06. The Hall–Kier alpha value is -1.37. The molecule has 0 amide bonds. The lowest BCUT2D eigenvalue weighted by Gasteiger charge is -2.17. The molecule has 1 atom stereocenters. The predicted octanol–water partition coefficient (Wildman–Crippen LogP) is 2.74. The van der Waals surface area contributed by atoms with Gasteiger partial charge in [-0.1, -0.05) is 0 Å². The molecule has 1 heterocycles. The number of nitrogens with two attached hydrogens (primary N) is 1. The van der Waals surface area contributed by atoms with Crippen molar-refractivity contribution in [2.75, 3.05) is 0 Å². The van der Waals surface area contributed by atoms with Gasteiger partial charge in [0.25, 0.3) is 0 Å². The lowest BCUT2D eigenvalue weighted by molar-refractivity contribution is 0.482. The first-order valence-electron chi connectivity index (χ1n) is 6.09. The largest absolute Gasteiger partial charge is 0.271 e. The molecule has 106 valence electrons. The van der Waals surface area contributed by atoms with E-state index in [2.05, 4.69) is 26.3 Å². The topological polar surface area (TPSA) is 50.9 Å². The molecule has 0 bridgehead atoms. The number of nitrogens with one attached hydrogen (secondary N) is 1. The second-order valence-electron chi connectivity index (χ2n) is 4.45. The Labute approximate surface area is 124 Å². The molecular weight excluding hydrogens is 328 g/mol. The minimum absolute atomic E-state index is 0.0244. The van der Waals surface area contributed by atoms with Gasteiger partial charge in [0.05, 0.1) is 4.47 Å². The zero-order valence-corrected chi connectivity index (χ0v) is 12.2. The molecular formula is C14H14BrF2N3. The van der Waals surface area contributed by atoms with Crippen LogP contribution in [0.3, 0.4) is 0 Å². The quantitative estimate of drug-likeness (QED) is 0.499. The number of pyridine rings is 1. The van der Waals surface area contributed by atoms with Crippen molar-refractivity contribution in [1.29, 1.82) is 0 Å². The van der Waals surface area contributed by atoms with Crippen LogP contribution in [0.5, 0.6) is 0 Å². The summed E-state index contributed by atoms with van der Waals surface area (Å²) in [5, 5.41) is 0. The van der Waals surface area contributed by atoms with E-state index in [1.54, 1.807) is 12.4 Å².